The number of rotatable bonds is 7. The van der Waals surface area contributed by atoms with E-state index in [0.29, 0.717) is 0 Å². The number of hydrogen-bond donors (Lipinski definition) is 2. The van der Waals surface area contributed by atoms with Gasteiger partial charge in [-0.3, -0.25) is 9.44 Å². The molecule has 0 saturated carbocycles. The first-order valence-corrected chi connectivity index (χ1v) is 10.9. The van der Waals surface area contributed by atoms with Crippen molar-refractivity contribution in [1.82, 2.24) is 10.2 Å². The van der Waals surface area contributed by atoms with E-state index in [0.717, 1.165) is 0 Å². The molecule has 0 aliphatic carbocycles. The second kappa shape index (κ2) is 7.82. The van der Waals surface area contributed by atoms with E-state index in [2.05, 4.69) is 19.6 Å². The maximum atomic E-state index is 12.4. The van der Waals surface area contributed by atoms with Crippen LogP contribution in [0.1, 0.15) is 0 Å². The topological polar surface area (TPSA) is 127 Å². The van der Waals surface area contributed by atoms with Crippen LogP contribution in [-0.2, 0) is 20.0 Å². The number of nitrogens with one attached hydrogen (secondary N) is 2. The van der Waals surface area contributed by atoms with Crippen LogP contribution in [0.2, 0.25) is 0 Å². The van der Waals surface area contributed by atoms with E-state index in [1.165, 1.54) is 55.6 Å². The van der Waals surface area contributed by atoms with Gasteiger partial charge >= 0.3 is 0 Å². The van der Waals surface area contributed by atoms with Crippen LogP contribution in [0.4, 0.5) is 11.5 Å². The molecule has 0 atom stereocenters. The molecule has 146 valence electrons. The Hall–Kier alpha value is -3.18. The first-order valence-electron chi connectivity index (χ1n) is 7.89. The summed E-state index contributed by atoms with van der Waals surface area (Å²) in [6.07, 6.45) is 0. The summed E-state index contributed by atoms with van der Waals surface area (Å²) in [5.74, 6) is 0.271. The molecule has 1 aromatic heterocycles. The van der Waals surface area contributed by atoms with Crippen LogP contribution in [0.5, 0.6) is 5.88 Å². The molecule has 0 bridgehead atoms. The van der Waals surface area contributed by atoms with E-state index >= 15 is 0 Å². The fourth-order valence-electron chi connectivity index (χ4n) is 2.20. The third-order valence-electron chi connectivity index (χ3n) is 3.56. The van der Waals surface area contributed by atoms with Crippen molar-refractivity contribution >= 4 is 31.6 Å². The Balaban J connectivity index is 1.75. The number of anilines is 2. The van der Waals surface area contributed by atoms with Gasteiger partial charge in [0.1, 0.15) is 0 Å². The van der Waals surface area contributed by atoms with Gasteiger partial charge in [0.25, 0.3) is 20.0 Å². The van der Waals surface area contributed by atoms with Crippen LogP contribution >= 0.6 is 0 Å². The maximum Gasteiger partial charge on any atom is 0.263 e. The molecule has 11 heteroatoms. The summed E-state index contributed by atoms with van der Waals surface area (Å²) in [5, 5.41) is 7.39. The Bertz CT molecular complexity index is 1150. The minimum atomic E-state index is -3.92. The van der Waals surface area contributed by atoms with Crippen LogP contribution in [0.3, 0.4) is 0 Å². The molecule has 0 aliphatic heterocycles. The molecule has 0 fully saturated rings. The molecule has 0 aliphatic rings. The van der Waals surface area contributed by atoms with E-state index in [1.807, 2.05) is 0 Å². The SMILES string of the molecule is COc1ccc(NS(=O)(=O)c2ccc(NS(=O)(=O)c3ccccc3)cc2)nn1. The van der Waals surface area contributed by atoms with Gasteiger partial charge < -0.3 is 4.74 Å². The number of hydrogen-bond acceptors (Lipinski definition) is 7. The quantitative estimate of drug-likeness (QED) is 0.599. The Labute approximate surface area is 162 Å². The second-order valence-electron chi connectivity index (χ2n) is 5.51. The minimum Gasteiger partial charge on any atom is -0.480 e. The fraction of sp³-hybridized carbons (Fsp3) is 0.0588. The second-order valence-corrected chi connectivity index (χ2v) is 8.87. The monoisotopic (exact) mass is 420 g/mol. The Morgan fingerprint density at radius 2 is 1.32 bits per heavy atom. The van der Waals surface area contributed by atoms with Crippen LogP contribution < -0.4 is 14.2 Å². The number of methoxy groups -OCH3 is 1. The van der Waals surface area contributed by atoms with E-state index < -0.39 is 20.0 Å². The number of sulfonamides is 2. The molecule has 28 heavy (non-hydrogen) atoms. The van der Waals surface area contributed by atoms with Gasteiger partial charge in [-0.1, -0.05) is 18.2 Å². The van der Waals surface area contributed by atoms with Gasteiger partial charge in [-0.2, -0.15) is 0 Å². The molecule has 3 aromatic rings. The molecule has 9 nitrogen and oxygen atoms in total. The fourth-order valence-corrected chi connectivity index (χ4v) is 4.27. The number of benzene rings is 2. The van der Waals surface area contributed by atoms with E-state index in [9.17, 15) is 16.8 Å². The number of nitrogens with zero attached hydrogens (tertiary/aromatic N) is 2. The normalized spacial score (nSPS) is 11.6. The van der Waals surface area contributed by atoms with Gasteiger partial charge in [0.2, 0.25) is 5.88 Å². The lowest BCUT2D eigenvalue weighted by atomic mass is 10.3. The standard InChI is InChI=1S/C17H16N4O5S2/c1-26-17-12-11-16(18-19-17)21-28(24,25)15-9-7-13(8-10-15)20-27(22,23)14-5-3-2-4-6-14/h2-12,20H,1H3,(H,18,21). The molecule has 0 unspecified atom stereocenters. The molecule has 0 saturated heterocycles. The highest BCUT2D eigenvalue weighted by molar-refractivity contribution is 7.93. The van der Waals surface area contributed by atoms with Crippen molar-refractivity contribution in [3.8, 4) is 5.88 Å². The highest BCUT2D eigenvalue weighted by Gasteiger charge is 2.17. The third kappa shape index (κ3) is 4.56. The summed E-state index contributed by atoms with van der Waals surface area (Å²) in [7, 11) is -6.26. The van der Waals surface area contributed by atoms with Gasteiger partial charge in [0.15, 0.2) is 5.82 Å². The molecule has 0 radical (unpaired) electrons. The summed E-state index contributed by atoms with van der Waals surface area (Å²) in [6.45, 7) is 0. The summed E-state index contributed by atoms with van der Waals surface area (Å²) < 4.78 is 59.0. The lowest BCUT2D eigenvalue weighted by molar-refractivity contribution is 0.392. The van der Waals surface area contributed by atoms with Crippen molar-refractivity contribution < 1.29 is 21.6 Å². The molecule has 0 spiro atoms. The van der Waals surface area contributed by atoms with E-state index in [4.69, 9.17) is 4.74 Å². The minimum absolute atomic E-state index is 0.0228. The van der Waals surface area contributed by atoms with Crippen molar-refractivity contribution in [1.29, 1.82) is 0 Å². The summed E-state index contributed by atoms with van der Waals surface area (Å²) in [6, 6.07) is 16.0. The van der Waals surface area contributed by atoms with Gasteiger partial charge in [-0.25, -0.2) is 16.8 Å². The first-order chi connectivity index (χ1) is 13.3. The molecular formula is C17H16N4O5S2. The summed E-state index contributed by atoms with van der Waals surface area (Å²) in [5.41, 5.74) is 0.229. The zero-order valence-electron chi connectivity index (χ0n) is 14.6. The molecular weight excluding hydrogens is 404 g/mol. The Morgan fingerprint density at radius 3 is 1.89 bits per heavy atom. The lowest BCUT2D eigenvalue weighted by Crippen LogP contribution is -2.15. The van der Waals surface area contributed by atoms with Crippen molar-refractivity contribution in [2.24, 2.45) is 0 Å². The van der Waals surface area contributed by atoms with Crippen molar-refractivity contribution in [3.05, 3.63) is 66.7 Å². The zero-order chi connectivity index (χ0) is 20.2. The van der Waals surface area contributed by atoms with Gasteiger partial charge in [0, 0.05) is 11.8 Å². The number of ether oxygens (including phenoxy) is 1. The average Bonchev–Trinajstić information content (AvgIpc) is 2.69. The smallest absolute Gasteiger partial charge is 0.263 e. The molecule has 2 aromatic carbocycles. The third-order valence-corrected chi connectivity index (χ3v) is 6.33. The van der Waals surface area contributed by atoms with Gasteiger partial charge in [-0.15, -0.1) is 10.2 Å². The van der Waals surface area contributed by atoms with Gasteiger partial charge in [0.05, 0.1) is 16.9 Å². The predicted molar refractivity (Wildman–Crippen MR) is 103 cm³/mol. The zero-order valence-corrected chi connectivity index (χ0v) is 16.2. The van der Waals surface area contributed by atoms with Crippen molar-refractivity contribution in [2.75, 3.05) is 16.6 Å². The number of aromatic nitrogens is 2. The molecule has 3 rings (SSSR count). The van der Waals surface area contributed by atoms with Crippen LogP contribution in [0.15, 0.2) is 76.5 Å². The molecule has 2 N–H and O–H groups in total. The highest BCUT2D eigenvalue weighted by Crippen LogP contribution is 2.20. The summed E-state index contributed by atoms with van der Waals surface area (Å²) >= 11 is 0. The average molecular weight is 420 g/mol. The van der Waals surface area contributed by atoms with Crippen molar-refractivity contribution in [2.45, 2.75) is 9.79 Å². The maximum absolute atomic E-state index is 12.4. The largest absolute Gasteiger partial charge is 0.480 e. The van der Waals surface area contributed by atoms with Crippen LogP contribution in [0.25, 0.3) is 0 Å². The lowest BCUT2D eigenvalue weighted by Gasteiger charge is -2.10. The molecule has 0 amide bonds. The Kier molecular flexibility index (Phi) is 5.47. The Morgan fingerprint density at radius 1 is 0.714 bits per heavy atom. The summed E-state index contributed by atoms with van der Waals surface area (Å²) in [4.78, 5) is 0.0409. The van der Waals surface area contributed by atoms with Gasteiger partial charge in [-0.05, 0) is 42.5 Å². The van der Waals surface area contributed by atoms with E-state index in [1.54, 1.807) is 18.2 Å². The highest BCUT2D eigenvalue weighted by atomic mass is 32.2. The molecule has 1 heterocycles. The van der Waals surface area contributed by atoms with Crippen molar-refractivity contribution in [3.63, 3.8) is 0 Å². The van der Waals surface area contributed by atoms with E-state index in [-0.39, 0.29) is 27.2 Å². The van der Waals surface area contributed by atoms with Crippen LogP contribution in [0, 0.1) is 0 Å². The predicted octanol–water partition coefficient (Wildman–Crippen LogP) is 2.09. The van der Waals surface area contributed by atoms with Crippen LogP contribution in [-0.4, -0.2) is 34.1 Å². The first kappa shape index (κ1) is 19.6.